The molecule has 2 amide bonds. The first kappa shape index (κ1) is 17.9. The second kappa shape index (κ2) is 9.01. The Bertz CT molecular complexity index is 697. The molecule has 0 aliphatic carbocycles. The van der Waals surface area contributed by atoms with Crippen molar-refractivity contribution in [2.75, 3.05) is 51.3 Å². The van der Waals surface area contributed by atoms with Gasteiger partial charge in [0.15, 0.2) is 0 Å². The number of thioether (sulfide) groups is 1. The summed E-state index contributed by atoms with van der Waals surface area (Å²) >= 11 is 2.00. The van der Waals surface area contributed by atoms with Gasteiger partial charge in [0.05, 0.1) is 7.11 Å². The van der Waals surface area contributed by atoms with Crippen LogP contribution < -0.4 is 15.4 Å². The summed E-state index contributed by atoms with van der Waals surface area (Å²) in [6, 6.07) is 5.88. The predicted octanol–water partition coefficient (Wildman–Crippen LogP) is 2.07. The molecule has 0 spiro atoms. The Morgan fingerprint density at radius 2 is 2.08 bits per heavy atom. The highest BCUT2D eigenvalue weighted by molar-refractivity contribution is 7.99. The minimum Gasteiger partial charge on any atom is -0.497 e. The molecular formula is C18H26N4O2S. The zero-order chi connectivity index (χ0) is 17.5. The number of urea groups is 1. The number of aromatic amines is 1. The number of aromatic nitrogens is 1. The van der Waals surface area contributed by atoms with E-state index in [1.165, 1.54) is 17.1 Å². The predicted molar refractivity (Wildman–Crippen MR) is 104 cm³/mol. The number of amides is 2. The number of carbonyl (C=O) groups is 1. The Morgan fingerprint density at radius 3 is 2.88 bits per heavy atom. The van der Waals surface area contributed by atoms with E-state index in [1.54, 1.807) is 7.11 Å². The number of nitrogens with zero attached hydrogens (tertiary/aromatic N) is 1. The smallest absolute Gasteiger partial charge is 0.314 e. The van der Waals surface area contributed by atoms with Crippen LogP contribution in [0.4, 0.5) is 4.79 Å². The van der Waals surface area contributed by atoms with E-state index in [4.69, 9.17) is 4.74 Å². The summed E-state index contributed by atoms with van der Waals surface area (Å²) in [4.78, 5) is 17.6. The number of fused-ring (bicyclic) bond motifs is 1. The molecule has 2 aromatic rings. The van der Waals surface area contributed by atoms with Gasteiger partial charge in [0.2, 0.25) is 0 Å². The van der Waals surface area contributed by atoms with Gasteiger partial charge in [-0.05, 0) is 30.2 Å². The summed E-state index contributed by atoms with van der Waals surface area (Å²) in [5.41, 5.74) is 2.26. The van der Waals surface area contributed by atoms with Crippen molar-refractivity contribution in [1.29, 1.82) is 0 Å². The summed E-state index contributed by atoms with van der Waals surface area (Å²) in [5.74, 6) is 3.23. The Balaban J connectivity index is 1.39. The molecule has 0 radical (unpaired) electrons. The third kappa shape index (κ3) is 5.06. The summed E-state index contributed by atoms with van der Waals surface area (Å²) in [6.45, 7) is 4.48. The number of ether oxygens (including phenoxy) is 1. The van der Waals surface area contributed by atoms with E-state index in [2.05, 4.69) is 20.5 Å². The van der Waals surface area contributed by atoms with E-state index in [1.807, 2.05) is 36.2 Å². The van der Waals surface area contributed by atoms with Crippen LogP contribution in [0, 0.1) is 0 Å². The van der Waals surface area contributed by atoms with Crippen molar-refractivity contribution in [3.63, 3.8) is 0 Å². The topological polar surface area (TPSA) is 69.4 Å². The molecule has 0 atom stereocenters. The minimum absolute atomic E-state index is 0.0937. The monoisotopic (exact) mass is 362 g/mol. The maximum atomic E-state index is 11.9. The number of carbonyl (C=O) groups excluding carboxylic acids is 1. The Morgan fingerprint density at radius 1 is 1.28 bits per heavy atom. The quantitative estimate of drug-likeness (QED) is 0.705. The first-order chi connectivity index (χ1) is 12.3. The van der Waals surface area contributed by atoms with Gasteiger partial charge in [-0.3, -0.25) is 4.90 Å². The summed E-state index contributed by atoms with van der Waals surface area (Å²) < 4.78 is 5.28. The third-order valence-corrected chi connectivity index (χ3v) is 5.41. The van der Waals surface area contributed by atoms with E-state index in [-0.39, 0.29) is 6.03 Å². The van der Waals surface area contributed by atoms with E-state index in [9.17, 15) is 4.79 Å². The molecule has 3 N–H and O–H groups in total. The van der Waals surface area contributed by atoms with Crippen molar-refractivity contribution in [2.24, 2.45) is 0 Å². The number of methoxy groups -OCH3 is 1. The average molecular weight is 362 g/mol. The largest absolute Gasteiger partial charge is 0.497 e. The lowest BCUT2D eigenvalue weighted by Gasteiger charge is -2.25. The highest BCUT2D eigenvalue weighted by Crippen LogP contribution is 2.23. The second-order valence-corrected chi connectivity index (χ2v) is 7.34. The highest BCUT2D eigenvalue weighted by atomic mass is 32.2. The molecule has 1 aromatic carbocycles. The molecule has 6 nitrogen and oxygen atoms in total. The molecule has 3 rings (SSSR count). The number of H-pyrrole nitrogens is 1. The Kier molecular flexibility index (Phi) is 6.47. The van der Waals surface area contributed by atoms with Crippen molar-refractivity contribution in [3.8, 4) is 5.75 Å². The van der Waals surface area contributed by atoms with Gasteiger partial charge in [-0.25, -0.2) is 4.79 Å². The molecule has 0 unspecified atom stereocenters. The normalized spacial score (nSPS) is 15.2. The molecule has 136 valence electrons. The number of nitrogens with one attached hydrogen (secondary N) is 3. The van der Waals surface area contributed by atoms with Crippen LogP contribution in [-0.2, 0) is 6.42 Å². The van der Waals surface area contributed by atoms with Gasteiger partial charge < -0.3 is 20.4 Å². The molecule has 7 heteroatoms. The van der Waals surface area contributed by atoms with Gasteiger partial charge in [0.1, 0.15) is 5.75 Å². The molecule has 1 fully saturated rings. The van der Waals surface area contributed by atoms with Crippen molar-refractivity contribution in [3.05, 3.63) is 30.0 Å². The minimum atomic E-state index is -0.0937. The van der Waals surface area contributed by atoms with Gasteiger partial charge in [0.25, 0.3) is 0 Å². The fourth-order valence-electron chi connectivity index (χ4n) is 3.02. The summed E-state index contributed by atoms with van der Waals surface area (Å²) in [7, 11) is 1.67. The van der Waals surface area contributed by atoms with E-state index in [0.29, 0.717) is 13.1 Å². The Labute approximate surface area is 152 Å². The van der Waals surface area contributed by atoms with E-state index in [0.717, 1.165) is 42.7 Å². The van der Waals surface area contributed by atoms with Gasteiger partial charge in [-0.2, -0.15) is 11.8 Å². The third-order valence-electron chi connectivity index (χ3n) is 4.47. The maximum absolute atomic E-state index is 11.9. The molecule has 1 aromatic heterocycles. The van der Waals surface area contributed by atoms with Crippen molar-refractivity contribution in [2.45, 2.75) is 6.42 Å². The lowest BCUT2D eigenvalue weighted by atomic mass is 10.1. The van der Waals surface area contributed by atoms with Crippen LogP contribution in [0.2, 0.25) is 0 Å². The zero-order valence-electron chi connectivity index (χ0n) is 14.6. The molecule has 1 aliphatic rings. The molecular weight excluding hydrogens is 336 g/mol. The zero-order valence-corrected chi connectivity index (χ0v) is 15.5. The fourth-order valence-corrected chi connectivity index (χ4v) is 4.00. The van der Waals surface area contributed by atoms with E-state index < -0.39 is 0 Å². The first-order valence-corrected chi connectivity index (χ1v) is 9.87. The lowest BCUT2D eigenvalue weighted by molar-refractivity contribution is 0.237. The lowest BCUT2D eigenvalue weighted by Crippen LogP contribution is -2.42. The van der Waals surface area contributed by atoms with Gasteiger partial charge >= 0.3 is 6.03 Å². The van der Waals surface area contributed by atoms with Crippen LogP contribution in [0.1, 0.15) is 5.56 Å². The van der Waals surface area contributed by atoms with Crippen molar-refractivity contribution in [1.82, 2.24) is 20.5 Å². The number of hydrogen-bond donors (Lipinski definition) is 3. The summed E-state index contributed by atoms with van der Waals surface area (Å²) in [5, 5.41) is 7.02. The van der Waals surface area contributed by atoms with Gasteiger partial charge in [0, 0.05) is 61.3 Å². The van der Waals surface area contributed by atoms with Crippen LogP contribution >= 0.6 is 11.8 Å². The van der Waals surface area contributed by atoms with E-state index >= 15 is 0 Å². The highest BCUT2D eigenvalue weighted by Gasteiger charge is 2.10. The number of rotatable bonds is 7. The van der Waals surface area contributed by atoms with Crippen LogP contribution in [0.15, 0.2) is 24.4 Å². The molecule has 25 heavy (non-hydrogen) atoms. The van der Waals surface area contributed by atoms with Crippen LogP contribution in [0.3, 0.4) is 0 Å². The summed E-state index contributed by atoms with van der Waals surface area (Å²) in [6.07, 6.45) is 2.78. The van der Waals surface area contributed by atoms with Gasteiger partial charge in [-0.15, -0.1) is 0 Å². The first-order valence-electron chi connectivity index (χ1n) is 8.72. The number of hydrogen-bond acceptors (Lipinski definition) is 4. The average Bonchev–Trinajstić information content (AvgIpc) is 3.05. The van der Waals surface area contributed by atoms with Crippen molar-refractivity contribution < 1.29 is 9.53 Å². The fraction of sp³-hybridized carbons (Fsp3) is 0.500. The molecule has 1 aliphatic heterocycles. The number of benzene rings is 1. The molecule has 1 saturated heterocycles. The second-order valence-electron chi connectivity index (χ2n) is 6.11. The standard InChI is InChI=1S/C18H26N4O2S/c1-24-15-2-3-17-16(12-15)14(13-21-17)4-5-19-18(23)20-6-7-22-8-10-25-11-9-22/h2-3,12-13,21H,4-11H2,1H3,(H2,19,20,23). The SMILES string of the molecule is COc1ccc2[nH]cc(CCNC(=O)NCCN3CCSCC3)c2c1. The van der Waals surface area contributed by atoms with Crippen molar-refractivity contribution >= 4 is 28.7 Å². The van der Waals surface area contributed by atoms with Gasteiger partial charge in [-0.1, -0.05) is 0 Å². The van der Waals surface area contributed by atoms with Crippen LogP contribution in [-0.4, -0.2) is 67.3 Å². The van der Waals surface area contributed by atoms with Crippen LogP contribution in [0.25, 0.3) is 10.9 Å². The Hall–Kier alpha value is -1.86. The molecule has 2 heterocycles. The molecule has 0 saturated carbocycles. The molecule has 0 bridgehead atoms. The maximum Gasteiger partial charge on any atom is 0.314 e. The van der Waals surface area contributed by atoms with Crippen LogP contribution in [0.5, 0.6) is 5.75 Å².